The van der Waals surface area contributed by atoms with E-state index in [0.29, 0.717) is 11.1 Å². The maximum absolute atomic E-state index is 13.1. The Balaban J connectivity index is 2.11. The van der Waals surface area contributed by atoms with Crippen molar-refractivity contribution in [1.29, 1.82) is 0 Å². The molecule has 0 bridgehead atoms. The number of hydrogen-bond acceptors (Lipinski definition) is 3. The Morgan fingerprint density at radius 2 is 1.77 bits per heavy atom. The minimum atomic E-state index is -0.354. The standard InChI is InChI=1S/C18H15FO2S/c1-11-9-13(5-8-16(11)22-2)15-10-21-18(20)17(15)12-3-6-14(19)7-4-12/h3-9H,10H2,1-2H3. The largest absolute Gasteiger partial charge is 0.457 e. The Morgan fingerprint density at radius 1 is 1.09 bits per heavy atom. The van der Waals surface area contributed by atoms with Gasteiger partial charge in [0.1, 0.15) is 12.4 Å². The summed E-state index contributed by atoms with van der Waals surface area (Å²) in [5, 5.41) is 0. The molecule has 22 heavy (non-hydrogen) atoms. The number of carbonyl (C=O) groups is 1. The van der Waals surface area contributed by atoms with E-state index in [0.717, 1.165) is 16.7 Å². The number of hydrogen-bond donors (Lipinski definition) is 0. The van der Waals surface area contributed by atoms with E-state index in [9.17, 15) is 9.18 Å². The minimum Gasteiger partial charge on any atom is -0.457 e. The lowest BCUT2D eigenvalue weighted by Gasteiger charge is -2.08. The van der Waals surface area contributed by atoms with E-state index in [1.807, 2.05) is 25.3 Å². The fourth-order valence-electron chi connectivity index (χ4n) is 2.61. The van der Waals surface area contributed by atoms with Crippen molar-refractivity contribution in [2.24, 2.45) is 0 Å². The predicted molar refractivity (Wildman–Crippen MR) is 87.1 cm³/mol. The molecular weight excluding hydrogens is 299 g/mol. The molecule has 0 amide bonds. The molecule has 0 fully saturated rings. The van der Waals surface area contributed by atoms with E-state index in [1.54, 1.807) is 23.9 Å². The number of cyclic esters (lactones) is 1. The van der Waals surface area contributed by atoms with Crippen LogP contribution in [0.4, 0.5) is 4.39 Å². The second kappa shape index (κ2) is 5.97. The molecule has 0 N–H and O–H groups in total. The van der Waals surface area contributed by atoms with Crippen molar-refractivity contribution in [3.63, 3.8) is 0 Å². The highest BCUT2D eigenvalue weighted by Crippen LogP contribution is 2.34. The van der Waals surface area contributed by atoms with Crippen molar-refractivity contribution < 1.29 is 13.9 Å². The monoisotopic (exact) mass is 314 g/mol. The van der Waals surface area contributed by atoms with Crippen LogP contribution in [0.5, 0.6) is 0 Å². The molecule has 0 aliphatic carbocycles. The highest BCUT2D eigenvalue weighted by atomic mass is 32.2. The summed E-state index contributed by atoms with van der Waals surface area (Å²) in [6.45, 7) is 2.30. The zero-order valence-electron chi connectivity index (χ0n) is 12.4. The summed E-state index contributed by atoms with van der Waals surface area (Å²) in [5.41, 5.74) is 4.20. The second-order valence-corrected chi connectivity index (χ2v) is 5.97. The third kappa shape index (κ3) is 2.66. The average molecular weight is 314 g/mol. The average Bonchev–Trinajstić information content (AvgIpc) is 2.90. The van der Waals surface area contributed by atoms with Crippen LogP contribution in [0.1, 0.15) is 16.7 Å². The molecule has 0 atom stereocenters. The lowest BCUT2D eigenvalue weighted by Crippen LogP contribution is -1.98. The van der Waals surface area contributed by atoms with Crippen LogP contribution in [-0.2, 0) is 9.53 Å². The van der Waals surface area contributed by atoms with Gasteiger partial charge in [-0.2, -0.15) is 0 Å². The predicted octanol–water partition coefficient (Wildman–Crippen LogP) is 4.32. The van der Waals surface area contributed by atoms with E-state index >= 15 is 0 Å². The number of ether oxygens (including phenoxy) is 1. The molecule has 2 aromatic carbocycles. The topological polar surface area (TPSA) is 26.3 Å². The van der Waals surface area contributed by atoms with Gasteiger partial charge in [0, 0.05) is 10.5 Å². The molecule has 4 heteroatoms. The van der Waals surface area contributed by atoms with Gasteiger partial charge in [0.05, 0.1) is 5.57 Å². The molecule has 2 nitrogen and oxygen atoms in total. The molecular formula is C18H15FO2S. The molecule has 112 valence electrons. The Hall–Kier alpha value is -2.07. The van der Waals surface area contributed by atoms with Crippen LogP contribution in [-0.4, -0.2) is 18.8 Å². The van der Waals surface area contributed by atoms with Gasteiger partial charge in [0.15, 0.2) is 0 Å². The van der Waals surface area contributed by atoms with Crippen LogP contribution in [0, 0.1) is 12.7 Å². The zero-order valence-corrected chi connectivity index (χ0v) is 13.2. The van der Waals surface area contributed by atoms with Crippen molar-refractivity contribution in [3.05, 3.63) is 65.0 Å². The van der Waals surface area contributed by atoms with Crippen LogP contribution in [0.15, 0.2) is 47.4 Å². The molecule has 0 unspecified atom stereocenters. The van der Waals surface area contributed by atoms with E-state index < -0.39 is 0 Å². The SMILES string of the molecule is CSc1ccc(C2=C(c3ccc(F)cc3)C(=O)OC2)cc1C. The molecule has 1 aliphatic rings. The number of benzene rings is 2. The summed E-state index contributed by atoms with van der Waals surface area (Å²) in [6, 6.07) is 12.0. The Labute approximate surface area is 133 Å². The third-order valence-corrected chi connectivity index (χ3v) is 4.63. The number of esters is 1. The first kappa shape index (κ1) is 14.9. The van der Waals surface area contributed by atoms with Crippen molar-refractivity contribution in [1.82, 2.24) is 0 Å². The van der Waals surface area contributed by atoms with Crippen molar-refractivity contribution >= 4 is 28.9 Å². The van der Waals surface area contributed by atoms with E-state index in [1.165, 1.54) is 17.0 Å². The van der Waals surface area contributed by atoms with Gasteiger partial charge in [-0.3, -0.25) is 0 Å². The lowest BCUT2D eigenvalue weighted by atomic mass is 9.96. The van der Waals surface area contributed by atoms with Crippen molar-refractivity contribution in [3.8, 4) is 0 Å². The van der Waals surface area contributed by atoms with E-state index in [4.69, 9.17) is 4.74 Å². The number of aryl methyl sites for hydroxylation is 1. The summed E-state index contributed by atoms with van der Waals surface area (Å²) in [7, 11) is 0. The van der Waals surface area contributed by atoms with Crippen LogP contribution in [0.25, 0.3) is 11.1 Å². The first-order chi connectivity index (χ1) is 10.6. The highest BCUT2D eigenvalue weighted by molar-refractivity contribution is 7.98. The highest BCUT2D eigenvalue weighted by Gasteiger charge is 2.27. The molecule has 0 spiro atoms. The maximum atomic E-state index is 13.1. The molecule has 1 aliphatic heterocycles. The van der Waals surface area contributed by atoms with Gasteiger partial charge in [-0.15, -0.1) is 11.8 Å². The van der Waals surface area contributed by atoms with E-state index in [2.05, 4.69) is 6.07 Å². The normalized spacial score (nSPS) is 14.4. The Morgan fingerprint density at radius 3 is 2.41 bits per heavy atom. The van der Waals surface area contributed by atoms with Gasteiger partial charge < -0.3 is 4.74 Å². The minimum absolute atomic E-state index is 0.254. The number of halogens is 1. The summed E-state index contributed by atoms with van der Waals surface area (Å²) >= 11 is 1.69. The summed E-state index contributed by atoms with van der Waals surface area (Å²) in [6.07, 6.45) is 2.04. The van der Waals surface area contributed by atoms with Crippen LogP contribution < -0.4 is 0 Å². The number of carbonyl (C=O) groups excluding carboxylic acids is 1. The van der Waals surface area contributed by atoms with Gasteiger partial charge in [-0.1, -0.05) is 24.3 Å². The molecule has 0 radical (unpaired) electrons. The van der Waals surface area contributed by atoms with Gasteiger partial charge in [0.25, 0.3) is 0 Å². The fraction of sp³-hybridized carbons (Fsp3) is 0.167. The Kier molecular flexibility index (Phi) is 4.03. The maximum Gasteiger partial charge on any atom is 0.339 e. The number of thioether (sulfide) groups is 1. The van der Waals surface area contributed by atoms with Crippen LogP contribution in [0.3, 0.4) is 0 Å². The van der Waals surface area contributed by atoms with Crippen LogP contribution >= 0.6 is 11.8 Å². The third-order valence-electron chi connectivity index (χ3n) is 3.73. The lowest BCUT2D eigenvalue weighted by molar-refractivity contribution is -0.133. The second-order valence-electron chi connectivity index (χ2n) is 5.12. The smallest absolute Gasteiger partial charge is 0.339 e. The molecule has 3 rings (SSSR count). The van der Waals surface area contributed by atoms with Crippen molar-refractivity contribution in [2.75, 3.05) is 12.9 Å². The molecule has 1 heterocycles. The van der Waals surface area contributed by atoms with Crippen LogP contribution in [0.2, 0.25) is 0 Å². The van der Waals surface area contributed by atoms with E-state index in [-0.39, 0.29) is 18.4 Å². The molecule has 0 saturated carbocycles. The van der Waals surface area contributed by atoms with Gasteiger partial charge in [-0.25, -0.2) is 9.18 Å². The first-order valence-corrected chi connectivity index (χ1v) is 8.14. The summed E-state index contributed by atoms with van der Waals surface area (Å²) in [4.78, 5) is 13.3. The van der Waals surface area contributed by atoms with Gasteiger partial charge >= 0.3 is 5.97 Å². The van der Waals surface area contributed by atoms with Gasteiger partial charge in [0.2, 0.25) is 0 Å². The zero-order chi connectivity index (χ0) is 15.7. The summed E-state index contributed by atoms with van der Waals surface area (Å²) < 4.78 is 18.3. The van der Waals surface area contributed by atoms with Gasteiger partial charge in [-0.05, 0) is 48.1 Å². The fourth-order valence-corrected chi connectivity index (χ4v) is 3.19. The quantitative estimate of drug-likeness (QED) is 0.623. The number of rotatable bonds is 3. The first-order valence-electron chi connectivity index (χ1n) is 6.91. The molecule has 0 saturated heterocycles. The molecule has 0 aromatic heterocycles. The Bertz CT molecular complexity index is 763. The summed E-state index contributed by atoms with van der Waals surface area (Å²) in [5.74, 6) is -0.675. The van der Waals surface area contributed by atoms with Crippen molar-refractivity contribution in [2.45, 2.75) is 11.8 Å². The molecule has 2 aromatic rings.